The highest BCUT2D eigenvalue weighted by Crippen LogP contribution is 2.72. The molecule has 0 bridgehead atoms. The van der Waals surface area contributed by atoms with E-state index in [2.05, 4.69) is 39.5 Å². The number of nitrogens with two attached hydrogens (primary N) is 1. The molecule has 3 saturated carbocycles. The first kappa shape index (κ1) is 54.2. The number of carboxylic acid groups (broad SMARTS) is 1. The number of carbonyl (C=O) groups is 6. The number of benzene rings is 3. The first-order valence-corrected chi connectivity index (χ1v) is 25.5. The first-order valence-electron chi connectivity index (χ1n) is 25.5. The number of nitrogens with one attached hydrogen (secondary N) is 3. The number of hydrogen-bond acceptors (Lipinski definition) is 17. The molecule has 0 radical (unpaired) electrons. The van der Waals surface area contributed by atoms with E-state index in [1.54, 1.807) is 24.3 Å². The topological polar surface area (TPSA) is 326 Å². The molecule has 0 aromatic heterocycles. The number of aliphatic carboxylic acids is 1. The monoisotopic (exact) mass is 1050 g/mol. The Morgan fingerprint density at radius 2 is 1.67 bits per heavy atom. The van der Waals surface area contributed by atoms with Crippen LogP contribution in [0.3, 0.4) is 0 Å². The summed E-state index contributed by atoms with van der Waals surface area (Å²) in [6.07, 6.45) is -2.51. The molecule has 5 fully saturated rings. The number of carbonyl (C=O) groups excluding carboxylic acids is 5. The van der Waals surface area contributed by atoms with E-state index >= 15 is 0 Å². The second kappa shape index (κ2) is 21.8. The van der Waals surface area contributed by atoms with Gasteiger partial charge in [-0.2, -0.15) is 0 Å². The van der Waals surface area contributed by atoms with E-state index in [9.17, 15) is 59.4 Å². The molecule has 6 aliphatic rings. The van der Waals surface area contributed by atoms with Crippen molar-refractivity contribution in [2.24, 2.45) is 45.8 Å². The van der Waals surface area contributed by atoms with Crippen LogP contribution in [0.2, 0.25) is 0 Å². The molecule has 11 N–H and O–H groups in total. The molecule has 2 saturated heterocycles. The number of anilines is 3. The number of hydrogen-bond donors (Lipinski definition) is 10. The molecule has 406 valence electrons. The number of ketones is 2. The number of aliphatic hydroxyl groups is 5. The van der Waals surface area contributed by atoms with Crippen molar-refractivity contribution in [2.45, 2.75) is 95.8 Å². The maximum Gasteiger partial charge on any atom is 0.411 e. The Morgan fingerprint density at radius 3 is 2.41 bits per heavy atom. The summed E-state index contributed by atoms with van der Waals surface area (Å²) in [5.74, 6) is 2.06. The number of fused-ring (bicyclic) bond motifs is 7. The smallest absolute Gasteiger partial charge is 0.411 e. The van der Waals surface area contributed by atoms with Gasteiger partial charge >= 0.3 is 12.1 Å². The number of carboxylic acids is 1. The van der Waals surface area contributed by atoms with Crippen LogP contribution in [0, 0.1) is 39.9 Å². The predicted octanol–water partition coefficient (Wildman–Crippen LogP) is 2.50. The van der Waals surface area contributed by atoms with E-state index in [1.807, 2.05) is 42.5 Å². The third-order valence-corrected chi connectivity index (χ3v) is 17.2. The third-order valence-electron chi connectivity index (χ3n) is 17.2. The Balaban J connectivity index is 0.825. The summed E-state index contributed by atoms with van der Waals surface area (Å²) in [4.78, 5) is 82.6. The van der Waals surface area contributed by atoms with Crippen LogP contribution in [0.15, 0.2) is 90.5 Å². The number of nitrogens with zero attached hydrogens (tertiary/aromatic N) is 1. The van der Waals surface area contributed by atoms with Crippen molar-refractivity contribution in [2.75, 3.05) is 48.4 Å². The Morgan fingerprint density at radius 1 is 0.908 bits per heavy atom. The molecule has 3 aromatic rings. The SMILES string of the molecule is C[C@]12C=CC(=O)C=C1CC[C@@H]1[C@@H]2[C@@H](O)C[C@@]2(C)[C@H]1C[C@H]1CN(c3ccc(Cc4cccc(NC(=O)OCc5ccc(O[C@@H]6O[C@H](C(=O)O)[C@@H](O)[C@H](O)[C@H]6O)c(NC(=O)CCNC(=O)CON)c5)c4)cc3)C[C@]12C(=O)CO. The van der Waals surface area contributed by atoms with Crippen molar-refractivity contribution >= 4 is 52.5 Å². The minimum absolute atomic E-state index is 0.00678. The number of amides is 3. The van der Waals surface area contributed by atoms with Gasteiger partial charge in [-0.05, 0) is 121 Å². The normalized spacial score (nSPS) is 32.2. The molecule has 76 heavy (non-hydrogen) atoms. The largest absolute Gasteiger partial charge is 0.479 e. The van der Waals surface area contributed by atoms with Gasteiger partial charge < -0.3 is 60.4 Å². The van der Waals surface area contributed by atoms with Gasteiger partial charge in [0, 0.05) is 48.8 Å². The van der Waals surface area contributed by atoms with Gasteiger partial charge in [-0.3, -0.25) is 29.3 Å². The van der Waals surface area contributed by atoms with Crippen LogP contribution in [-0.4, -0.2) is 136 Å². The van der Waals surface area contributed by atoms with Gasteiger partial charge in [0.15, 0.2) is 17.7 Å². The minimum Gasteiger partial charge on any atom is -0.479 e. The van der Waals surface area contributed by atoms with Gasteiger partial charge in [-0.15, -0.1) is 0 Å². The number of Topliss-reactive ketones (excluding diaryl/α,β-unsaturated/α-hetero) is 1. The lowest BCUT2D eigenvalue weighted by atomic mass is 9.44. The van der Waals surface area contributed by atoms with Crippen LogP contribution < -0.4 is 31.5 Å². The molecule has 3 amide bonds. The second-order valence-corrected chi connectivity index (χ2v) is 21.5. The molecule has 13 atom stereocenters. The minimum atomic E-state index is -1.97. The summed E-state index contributed by atoms with van der Waals surface area (Å²) in [5.41, 5.74) is 2.90. The highest BCUT2D eigenvalue weighted by Gasteiger charge is 2.73. The van der Waals surface area contributed by atoms with Gasteiger partial charge in [-0.1, -0.05) is 55.8 Å². The van der Waals surface area contributed by atoms with Crippen molar-refractivity contribution < 1.29 is 78.5 Å². The van der Waals surface area contributed by atoms with E-state index in [-0.39, 0.29) is 66.2 Å². The third kappa shape index (κ3) is 10.2. The molecule has 9 rings (SSSR count). The van der Waals surface area contributed by atoms with Crippen LogP contribution in [0.5, 0.6) is 5.75 Å². The molecule has 2 aliphatic heterocycles. The van der Waals surface area contributed by atoms with Gasteiger partial charge in [0.05, 0.1) is 17.2 Å². The summed E-state index contributed by atoms with van der Waals surface area (Å²) in [5, 5.41) is 70.8. The summed E-state index contributed by atoms with van der Waals surface area (Å²) >= 11 is 0. The van der Waals surface area contributed by atoms with Crippen molar-refractivity contribution in [3.8, 4) is 5.75 Å². The number of allylic oxidation sites excluding steroid dienone is 4. The Labute approximate surface area is 438 Å². The summed E-state index contributed by atoms with van der Waals surface area (Å²) in [7, 11) is 0. The zero-order chi connectivity index (χ0) is 54.3. The Bertz CT molecular complexity index is 2810. The Kier molecular flexibility index (Phi) is 15.6. The summed E-state index contributed by atoms with van der Waals surface area (Å²) < 4.78 is 16.5. The van der Waals surface area contributed by atoms with Crippen molar-refractivity contribution in [1.82, 2.24) is 5.32 Å². The highest BCUT2D eigenvalue weighted by atomic mass is 16.7. The molecular weight excluding hydrogens is 987 g/mol. The molecule has 21 nitrogen and oxygen atoms in total. The molecule has 21 heteroatoms. The quantitative estimate of drug-likeness (QED) is 0.0869. The fourth-order valence-electron chi connectivity index (χ4n) is 13.7. The van der Waals surface area contributed by atoms with Crippen LogP contribution >= 0.6 is 0 Å². The average Bonchev–Trinajstić information content (AvgIpc) is 4.09. The number of rotatable bonds is 17. The molecule has 0 spiro atoms. The molecule has 3 aromatic carbocycles. The summed E-state index contributed by atoms with van der Waals surface area (Å²) in [6, 6.07) is 19.6. The second-order valence-electron chi connectivity index (χ2n) is 21.5. The zero-order valence-corrected chi connectivity index (χ0v) is 42.1. The van der Waals surface area contributed by atoms with E-state index in [0.717, 1.165) is 41.6 Å². The number of aliphatic hydroxyl groups excluding tert-OH is 5. The van der Waals surface area contributed by atoms with E-state index in [1.165, 1.54) is 18.2 Å². The maximum absolute atomic E-state index is 14.2. The van der Waals surface area contributed by atoms with Gasteiger partial charge in [-0.25, -0.2) is 15.5 Å². The van der Waals surface area contributed by atoms with E-state index < -0.39 is 90.1 Å². The van der Waals surface area contributed by atoms with Crippen LogP contribution in [0.25, 0.3) is 0 Å². The van der Waals surface area contributed by atoms with Gasteiger partial charge in [0.2, 0.25) is 18.1 Å². The highest BCUT2D eigenvalue weighted by molar-refractivity contribution is 6.01. The zero-order valence-electron chi connectivity index (χ0n) is 42.1. The fourth-order valence-corrected chi connectivity index (χ4v) is 13.7. The van der Waals surface area contributed by atoms with Gasteiger partial charge in [0.1, 0.15) is 43.9 Å². The Hall–Kier alpha value is -6.56. The van der Waals surface area contributed by atoms with E-state index in [0.29, 0.717) is 37.2 Å². The predicted molar refractivity (Wildman–Crippen MR) is 271 cm³/mol. The molecule has 2 heterocycles. The molecular formula is C55H65N5O16. The summed E-state index contributed by atoms with van der Waals surface area (Å²) in [6.45, 7) is 4.00. The van der Waals surface area contributed by atoms with E-state index in [4.69, 9.17) is 20.1 Å². The lowest BCUT2D eigenvalue weighted by Gasteiger charge is -2.60. The number of ether oxygens (including phenoxy) is 3. The van der Waals surface area contributed by atoms with Crippen LogP contribution in [-0.2, 0) is 51.3 Å². The fraction of sp³-hybridized carbons (Fsp3) is 0.491. The molecule has 0 unspecified atom stereocenters. The average molecular weight is 1050 g/mol. The standard InChI is InChI=1S/C55H65N5O16/c1-53-16-14-36(62)21-32(53)9-12-37-38-22-33-24-60(28-55(33,42(64)25-61)54(38,2)23-40(63)45(37)53)35-10-6-29(7-11-35)18-30-4-3-5-34(19-30)58-52(72)73-26-31-8-13-41(39(20-31)59-43(65)15-17-57-44(66)27-74-56)75-51-48(69)46(67)47(68)49(76-51)50(70)71/h3-8,10-11,13-14,16,19-21,33,37-38,40,45-49,51,61,63,67-69H,9,12,15,17-18,22-28,56H2,1-2H3,(H,57,66)(H,58,72)(H,59,65)(H,70,71)/t33-,37-,38-,40-,45+,46-,47-,48+,49-,51+,53-,54-,55+/m0/s1. The van der Waals surface area contributed by atoms with Crippen molar-refractivity contribution in [3.05, 3.63) is 107 Å². The van der Waals surface area contributed by atoms with Crippen molar-refractivity contribution in [1.29, 1.82) is 0 Å². The van der Waals surface area contributed by atoms with Crippen molar-refractivity contribution in [3.63, 3.8) is 0 Å². The first-order chi connectivity index (χ1) is 36.3. The van der Waals surface area contributed by atoms with Gasteiger partial charge in [0.25, 0.3) is 0 Å². The van der Waals surface area contributed by atoms with Crippen LogP contribution in [0.1, 0.15) is 62.6 Å². The van der Waals surface area contributed by atoms with Crippen LogP contribution in [0.4, 0.5) is 21.9 Å². The molecule has 4 aliphatic carbocycles. The maximum atomic E-state index is 14.2. The lowest BCUT2D eigenvalue weighted by molar-refractivity contribution is -0.271. The lowest BCUT2D eigenvalue weighted by Crippen LogP contribution is -2.61.